The van der Waals surface area contributed by atoms with Crippen molar-refractivity contribution < 1.29 is 18.7 Å². The molecule has 0 spiro atoms. The fraction of sp³-hybridized carbons (Fsp3) is 0.286. The minimum absolute atomic E-state index is 0.0684. The van der Waals surface area contributed by atoms with Crippen molar-refractivity contribution in [1.82, 2.24) is 5.32 Å². The van der Waals surface area contributed by atoms with Gasteiger partial charge in [-0.25, -0.2) is 9.18 Å². The summed E-state index contributed by atoms with van der Waals surface area (Å²) in [5.41, 5.74) is 1.66. The number of nitrogens with one attached hydrogen (secondary N) is 2. The third-order valence-corrected chi connectivity index (χ3v) is 4.85. The molecule has 2 N–H and O–H groups in total. The van der Waals surface area contributed by atoms with Crippen molar-refractivity contribution in [1.29, 1.82) is 0 Å². The van der Waals surface area contributed by atoms with Crippen LogP contribution in [0.4, 0.5) is 14.9 Å². The lowest BCUT2D eigenvalue weighted by Crippen LogP contribution is -2.45. The fourth-order valence-corrected chi connectivity index (χ4v) is 3.49. The SMILES string of the molecule is O=C(Nc1ccc(F)cc1)N[C@H]1COC2C1OC[C@H]2/C=C\c1ccccc1. The van der Waals surface area contributed by atoms with E-state index >= 15 is 0 Å². The second-order valence-corrected chi connectivity index (χ2v) is 6.74. The number of carbonyl (C=O) groups is 1. The highest BCUT2D eigenvalue weighted by atomic mass is 19.1. The number of anilines is 1. The van der Waals surface area contributed by atoms with E-state index in [9.17, 15) is 9.18 Å². The van der Waals surface area contributed by atoms with E-state index in [-0.39, 0.29) is 36.0 Å². The predicted octanol–water partition coefficient (Wildman–Crippen LogP) is 3.44. The first-order chi connectivity index (χ1) is 13.2. The van der Waals surface area contributed by atoms with Crippen LogP contribution in [-0.4, -0.2) is 37.5 Å². The molecule has 0 saturated carbocycles. The number of halogens is 1. The Morgan fingerprint density at radius 2 is 1.74 bits per heavy atom. The molecule has 4 atom stereocenters. The maximum Gasteiger partial charge on any atom is 0.319 e. The van der Waals surface area contributed by atoms with Gasteiger partial charge in [-0.1, -0.05) is 42.5 Å². The van der Waals surface area contributed by atoms with Crippen LogP contribution >= 0.6 is 0 Å². The molecule has 2 amide bonds. The summed E-state index contributed by atoms with van der Waals surface area (Å²) in [6, 6.07) is 15.1. The molecule has 2 aliphatic heterocycles. The van der Waals surface area contributed by atoms with Gasteiger partial charge in [0.05, 0.1) is 25.4 Å². The molecular formula is C21H21FN2O3. The Balaban J connectivity index is 1.32. The van der Waals surface area contributed by atoms with Crippen LogP contribution in [0.1, 0.15) is 5.56 Å². The second kappa shape index (κ2) is 7.90. The number of benzene rings is 2. The van der Waals surface area contributed by atoms with Gasteiger partial charge in [0.25, 0.3) is 0 Å². The van der Waals surface area contributed by atoms with E-state index < -0.39 is 0 Å². The Hall–Kier alpha value is -2.70. The molecule has 2 unspecified atom stereocenters. The molecule has 2 saturated heterocycles. The van der Waals surface area contributed by atoms with Crippen LogP contribution in [-0.2, 0) is 9.47 Å². The number of hydrogen-bond acceptors (Lipinski definition) is 3. The van der Waals surface area contributed by atoms with Crippen LogP contribution in [0, 0.1) is 11.7 Å². The maximum absolute atomic E-state index is 12.9. The summed E-state index contributed by atoms with van der Waals surface area (Å²) in [6.45, 7) is 0.971. The number of hydrogen-bond donors (Lipinski definition) is 2. The van der Waals surface area contributed by atoms with Crippen LogP contribution in [0.15, 0.2) is 60.7 Å². The van der Waals surface area contributed by atoms with Gasteiger partial charge in [-0.2, -0.15) is 0 Å². The Morgan fingerprint density at radius 3 is 2.52 bits per heavy atom. The molecule has 2 aliphatic rings. The lowest BCUT2D eigenvalue weighted by Gasteiger charge is -2.18. The minimum atomic E-state index is -0.359. The highest BCUT2D eigenvalue weighted by Crippen LogP contribution is 2.32. The summed E-state index contributed by atoms with van der Waals surface area (Å²) in [5.74, 6) is -0.191. The molecular weight excluding hydrogens is 347 g/mol. The Morgan fingerprint density at radius 1 is 1.00 bits per heavy atom. The predicted molar refractivity (Wildman–Crippen MR) is 101 cm³/mol. The smallest absolute Gasteiger partial charge is 0.319 e. The number of fused-ring (bicyclic) bond motifs is 1. The van der Waals surface area contributed by atoms with E-state index in [4.69, 9.17) is 9.47 Å². The van der Waals surface area contributed by atoms with Crippen molar-refractivity contribution >= 4 is 17.8 Å². The second-order valence-electron chi connectivity index (χ2n) is 6.74. The van der Waals surface area contributed by atoms with Crippen molar-refractivity contribution in [2.24, 2.45) is 5.92 Å². The van der Waals surface area contributed by atoms with Crippen LogP contribution in [0.3, 0.4) is 0 Å². The summed E-state index contributed by atoms with van der Waals surface area (Å²) in [6.07, 6.45) is 3.94. The van der Waals surface area contributed by atoms with Crippen LogP contribution in [0.5, 0.6) is 0 Å². The largest absolute Gasteiger partial charge is 0.373 e. The Kier molecular flexibility index (Phi) is 5.18. The van der Waals surface area contributed by atoms with Crippen LogP contribution in [0.2, 0.25) is 0 Å². The molecule has 2 aromatic rings. The van der Waals surface area contributed by atoms with Gasteiger partial charge < -0.3 is 20.1 Å². The summed E-state index contributed by atoms with van der Waals surface area (Å²) in [4.78, 5) is 12.2. The molecule has 6 heteroatoms. The normalized spacial score (nSPS) is 26.9. The summed E-state index contributed by atoms with van der Waals surface area (Å²) >= 11 is 0. The van der Waals surface area contributed by atoms with Crippen molar-refractivity contribution in [2.75, 3.05) is 18.5 Å². The number of amides is 2. The van der Waals surface area contributed by atoms with Gasteiger partial charge in [-0.15, -0.1) is 0 Å². The molecule has 140 valence electrons. The third kappa shape index (κ3) is 4.18. The van der Waals surface area contributed by atoms with Gasteiger partial charge >= 0.3 is 6.03 Å². The molecule has 2 heterocycles. The number of rotatable bonds is 4. The molecule has 0 aliphatic carbocycles. The molecule has 27 heavy (non-hydrogen) atoms. The Labute approximate surface area is 157 Å². The van der Waals surface area contributed by atoms with Crippen LogP contribution < -0.4 is 10.6 Å². The molecule has 0 aromatic heterocycles. The average molecular weight is 368 g/mol. The first kappa shape index (κ1) is 17.7. The number of carbonyl (C=O) groups excluding carboxylic acids is 1. The van der Waals surface area contributed by atoms with Gasteiger partial charge in [-0.05, 0) is 29.8 Å². The molecule has 4 rings (SSSR count). The minimum Gasteiger partial charge on any atom is -0.373 e. The van der Waals surface area contributed by atoms with E-state index in [0.29, 0.717) is 18.9 Å². The first-order valence-corrected chi connectivity index (χ1v) is 8.98. The lowest BCUT2D eigenvalue weighted by atomic mass is 9.99. The third-order valence-electron chi connectivity index (χ3n) is 4.85. The van der Waals surface area contributed by atoms with Gasteiger partial charge in [0, 0.05) is 11.6 Å². The quantitative estimate of drug-likeness (QED) is 0.869. The molecule has 2 aromatic carbocycles. The highest BCUT2D eigenvalue weighted by molar-refractivity contribution is 5.89. The number of ether oxygens (including phenoxy) is 2. The first-order valence-electron chi connectivity index (χ1n) is 8.98. The van der Waals surface area contributed by atoms with Gasteiger partial charge in [-0.3, -0.25) is 0 Å². The topological polar surface area (TPSA) is 59.6 Å². The van der Waals surface area contributed by atoms with Gasteiger partial charge in [0.1, 0.15) is 11.9 Å². The van der Waals surface area contributed by atoms with Crippen molar-refractivity contribution in [2.45, 2.75) is 18.2 Å². The zero-order valence-corrected chi connectivity index (χ0v) is 14.7. The summed E-state index contributed by atoms with van der Waals surface area (Å²) in [7, 11) is 0. The fourth-order valence-electron chi connectivity index (χ4n) is 3.49. The molecule has 0 bridgehead atoms. The molecule has 0 radical (unpaired) electrons. The van der Waals surface area contributed by atoms with Crippen molar-refractivity contribution in [3.05, 3.63) is 72.1 Å². The highest BCUT2D eigenvalue weighted by Gasteiger charge is 2.47. The average Bonchev–Trinajstić information content (AvgIpc) is 3.26. The monoisotopic (exact) mass is 368 g/mol. The van der Waals surface area contributed by atoms with E-state index in [1.807, 2.05) is 30.3 Å². The molecule has 5 nitrogen and oxygen atoms in total. The van der Waals surface area contributed by atoms with Crippen molar-refractivity contribution in [3.63, 3.8) is 0 Å². The number of urea groups is 1. The molecule has 2 fully saturated rings. The van der Waals surface area contributed by atoms with E-state index in [0.717, 1.165) is 5.56 Å². The summed E-state index contributed by atoms with van der Waals surface area (Å²) < 4.78 is 24.7. The van der Waals surface area contributed by atoms with E-state index in [1.54, 1.807) is 0 Å². The van der Waals surface area contributed by atoms with Gasteiger partial charge in [0.15, 0.2) is 0 Å². The zero-order chi connectivity index (χ0) is 18.6. The Bertz CT molecular complexity index is 810. The van der Waals surface area contributed by atoms with Crippen molar-refractivity contribution in [3.8, 4) is 0 Å². The lowest BCUT2D eigenvalue weighted by molar-refractivity contribution is 0.0662. The standard InChI is InChI=1S/C21H21FN2O3/c22-16-8-10-17(11-9-16)23-21(25)24-18-13-27-19-15(12-26-20(18)19)7-6-14-4-2-1-3-5-14/h1-11,15,18-20H,12-13H2,(H2,23,24,25)/b7-6-/t15-,18+,19?,20?/m1/s1. The van der Waals surface area contributed by atoms with E-state index in [1.165, 1.54) is 24.3 Å². The zero-order valence-electron chi connectivity index (χ0n) is 14.7. The van der Waals surface area contributed by atoms with Crippen LogP contribution in [0.25, 0.3) is 6.08 Å². The van der Waals surface area contributed by atoms with E-state index in [2.05, 4.69) is 22.8 Å². The van der Waals surface area contributed by atoms with Gasteiger partial charge in [0.2, 0.25) is 0 Å². The maximum atomic E-state index is 12.9. The summed E-state index contributed by atoms with van der Waals surface area (Å²) in [5, 5.41) is 5.58.